The van der Waals surface area contributed by atoms with Crippen molar-refractivity contribution >= 4 is 5.91 Å². The Hall–Kier alpha value is -3.21. The van der Waals surface area contributed by atoms with Gasteiger partial charge in [0.2, 0.25) is 5.91 Å². The molecule has 1 N–H and O–H groups in total. The Kier molecular flexibility index (Phi) is 5.30. The lowest BCUT2D eigenvalue weighted by atomic mass is 10.0. The molecule has 4 rings (SSSR count). The molecule has 0 saturated heterocycles. The fraction of sp³-hybridized carbons (Fsp3) is 0.292. The van der Waals surface area contributed by atoms with Crippen molar-refractivity contribution in [1.29, 1.82) is 0 Å². The Morgan fingerprint density at radius 2 is 2.03 bits per heavy atom. The second-order valence-corrected chi connectivity index (χ2v) is 7.68. The summed E-state index contributed by atoms with van der Waals surface area (Å²) in [7, 11) is 0. The van der Waals surface area contributed by atoms with Crippen molar-refractivity contribution in [3.63, 3.8) is 0 Å². The van der Waals surface area contributed by atoms with E-state index >= 15 is 0 Å². The number of hydrogen-bond donors (Lipinski definition) is 1. The first-order valence-electron chi connectivity index (χ1n) is 9.90. The number of hydrogen-bond acceptors (Lipinski definition) is 4. The predicted molar refractivity (Wildman–Crippen MR) is 113 cm³/mol. The van der Waals surface area contributed by atoms with Gasteiger partial charge in [0.1, 0.15) is 11.9 Å². The molecule has 1 aromatic heterocycles. The van der Waals surface area contributed by atoms with Crippen molar-refractivity contribution in [1.82, 2.24) is 15.3 Å². The molecule has 2 aromatic carbocycles. The smallest absolute Gasteiger partial charge is 0.224 e. The summed E-state index contributed by atoms with van der Waals surface area (Å²) in [6, 6.07) is 14.2. The first-order chi connectivity index (χ1) is 14.0. The normalized spacial score (nSPS) is 14.9. The van der Waals surface area contributed by atoms with Crippen molar-refractivity contribution in [3.05, 3.63) is 76.7 Å². The van der Waals surface area contributed by atoms with Crippen LogP contribution in [-0.2, 0) is 17.6 Å². The van der Waals surface area contributed by atoms with Crippen molar-refractivity contribution in [3.8, 4) is 17.0 Å². The molecule has 1 atom stereocenters. The predicted octanol–water partition coefficient (Wildman–Crippen LogP) is 3.73. The minimum absolute atomic E-state index is 0.0153. The lowest BCUT2D eigenvalue weighted by Crippen LogP contribution is -2.35. The van der Waals surface area contributed by atoms with Gasteiger partial charge in [0.15, 0.2) is 0 Å². The molecule has 0 unspecified atom stereocenters. The van der Waals surface area contributed by atoms with E-state index in [1.165, 1.54) is 0 Å². The molecule has 29 heavy (non-hydrogen) atoms. The molecule has 0 aliphatic carbocycles. The van der Waals surface area contributed by atoms with Crippen molar-refractivity contribution in [2.24, 2.45) is 0 Å². The third-order valence-electron chi connectivity index (χ3n) is 5.13. The molecule has 0 saturated carbocycles. The molecule has 0 spiro atoms. The molecular formula is C24H25N3O2. The molecule has 148 valence electrons. The lowest BCUT2D eigenvalue weighted by Gasteiger charge is -2.12. The van der Waals surface area contributed by atoms with Crippen molar-refractivity contribution in [2.75, 3.05) is 6.54 Å². The number of amides is 1. The van der Waals surface area contributed by atoms with Crippen LogP contribution in [0.5, 0.6) is 5.75 Å². The van der Waals surface area contributed by atoms with Gasteiger partial charge in [-0.1, -0.05) is 29.8 Å². The molecule has 0 fully saturated rings. The summed E-state index contributed by atoms with van der Waals surface area (Å²) in [5.74, 6) is 0.895. The van der Waals surface area contributed by atoms with Crippen LogP contribution in [0.15, 0.2) is 48.7 Å². The Morgan fingerprint density at radius 3 is 2.86 bits per heavy atom. The Morgan fingerprint density at radius 1 is 1.17 bits per heavy atom. The first-order valence-corrected chi connectivity index (χ1v) is 9.90. The van der Waals surface area contributed by atoms with Gasteiger partial charge in [0.25, 0.3) is 0 Å². The maximum absolute atomic E-state index is 12.3. The van der Waals surface area contributed by atoms with Crippen LogP contribution in [0.25, 0.3) is 11.3 Å². The minimum atomic E-state index is -0.0496. The van der Waals surface area contributed by atoms with Crippen LogP contribution in [0.1, 0.15) is 28.1 Å². The molecule has 1 aliphatic rings. The highest BCUT2D eigenvalue weighted by molar-refractivity contribution is 5.78. The van der Waals surface area contributed by atoms with E-state index in [0.717, 1.165) is 51.5 Å². The zero-order valence-corrected chi connectivity index (χ0v) is 17.0. The molecule has 0 bridgehead atoms. The summed E-state index contributed by atoms with van der Waals surface area (Å²) < 4.78 is 6.02. The van der Waals surface area contributed by atoms with Gasteiger partial charge in [0, 0.05) is 18.2 Å². The topological polar surface area (TPSA) is 64.1 Å². The number of carbonyl (C=O) groups is 1. The number of aromatic nitrogens is 2. The van der Waals surface area contributed by atoms with Crippen LogP contribution in [-0.4, -0.2) is 28.5 Å². The number of rotatable bonds is 5. The highest BCUT2D eigenvalue weighted by atomic mass is 16.5. The molecule has 0 radical (unpaired) electrons. The largest absolute Gasteiger partial charge is 0.488 e. The number of ether oxygens (including phenoxy) is 1. The summed E-state index contributed by atoms with van der Waals surface area (Å²) in [5.41, 5.74) is 7.09. The lowest BCUT2D eigenvalue weighted by molar-refractivity contribution is -0.120. The van der Waals surface area contributed by atoms with Crippen LogP contribution in [0.4, 0.5) is 0 Å². The summed E-state index contributed by atoms with van der Waals surface area (Å²) in [4.78, 5) is 21.3. The zero-order chi connectivity index (χ0) is 20.4. The highest BCUT2D eigenvalue weighted by Gasteiger charge is 2.24. The molecule has 1 aliphatic heterocycles. The molecular weight excluding hydrogens is 362 g/mol. The van der Waals surface area contributed by atoms with E-state index in [-0.39, 0.29) is 12.0 Å². The monoisotopic (exact) mass is 387 g/mol. The van der Waals surface area contributed by atoms with E-state index in [9.17, 15) is 4.79 Å². The SMILES string of the molecule is Cc1cccc(CC(=O)NC[C@@H]2Cc3cc(-c4nc(C)cnc4C)ccc3O2)c1. The molecule has 1 amide bonds. The van der Waals surface area contributed by atoms with Gasteiger partial charge in [0.05, 0.1) is 30.0 Å². The second kappa shape index (κ2) is 8.03. The Bertz CT molecular complexity index is 1060. The standard InChI is InChI=1S/C24H25N3O2/c1-15-5-4-6-18(9-15)10-23(28)26-14-21-12-20-11-19(7-8-22(20)29-21)24-17(3)25-13-16(2)27-24/h4-9,11,13,21H,10,12,14H2,1-3H3,(H,26,28)/t21-/m0/s1. The van der Waals surface area contributed by atoms with Crippen molar-refractivity contribution < 1.29 is 9.53 Å². The van der Waals surface area contributed by atoms with Crippen LogP contribution in [0.2, 0.25) is 0 Å². The van der Waals surface area contributed by atoms with E-state index < -0.39 is 0 Å². The van der Waals surface area contributed by atoms with Crippen LogP contribution < -0.4 is 10.1 Å². The van der Waals surface area contributed by atoms with E-state index in [1.807, 2.05) is 57.2 Å². The number of carbonyl (C=O) groups excluding carboxylic acids is 1. The molecule has 2 heterocycles. The van der Waals surface area contributed by atoms with Crippen LogP contribution >= 0.6 is 0 Å². The van der Waals surface area contributed by atoms with Gasteiger partial charge in [-0.15, -0.1) is 0 Å². The Labute approximate surface area is 171 Å². The average molecular weight is 387 g/mol. The van der Waals surface area contributed by atoms with Gasteiger partial charge in [-0.05, 0) is 50.1 Å². The van der Waals surface area contributed by atoms with E-state index in [4.69, 9.17) is 4.74 Å². The fourth-order valence-corrected chi connectivity index (χ4v) is 3.69. The second-order valence-electron chi connectivity index (χ2n) is 7.68. The Balaban J connectivity index is 1.38. The van der Waals surface area contributed by atoms with Gasteiger partial charge in [-0.25, -0.2) is 4.98 Å². The van der Waals surface area contributed by atoms with E-state index in [2.05, 4.69) is 21.4 Å². The molecule has 3 aromatic rings. The summed E-state index contributed by atoms with van der Waals surface area (Å²) in [6.45, 7) is 6.45. The maximum Gasteiger partial charge on any atom is 0.224 e. The van der Waals surface area contributed by atoms with Gasteiger partial charge in [-0.3, -0.25) is 9.78 Å². The van der Waals surface area contributed by atoms with Crippen LogP contribution in [0.3, 0.4) is 0 Å². The number of aryl methyl sites for hydroxylation is 3. The van der Waals surface area contributed by atoms with Crippen molar-refractivity contribution in [2.45, 2.75) is 39.7 Å². The fourth-order valence-electron chi connectivity index (χ4n) is 3.69. The first kappa shape index (κ1) is 19.1. The molecule has 5 nitrogen and oxygen atoms in total. The quantitative estimate of drug-likeness (QED) is 0.725. The number of nitrogens with one attached hydrogen (secondary N) is 1. The molecule has 5 heteroatoms. The number of fused-ring (bicyclic) bond motifs is 1. The number of nitrogens with zero attached hydrogens (tertiary/aromatic N) is 2. The van der Waals surface area contributed by atoms with Gasteiger partial charge >= 0.3 is 0 Å². The summed E-state index contributed by atoms with van der Waals surface area (Å²) >= 11 is 0. The highest BCUT2D eigenvalue weighted by Crippen LogP contribution is 2.33. The van der Waals surface area contributed by atoms with Crippen LogP contribution in [0, 0.1) is 20.8 Å². The average Bonchev–Trinajstić information content (AvgIpc) is 3.10. The summed E-state index contributed by atoms with van der Waals surface area (Å²) in [5, 5.41) is 3.00. The zero-order valence-electron chi connectivity index (χ0n) is 17.0. The maximum atomic E-state index is 12.3. The summed E-state index contributed by atoms with van der Waals surface area (Å²) in [6.07, 6.45) is 2.89. The van der Waals surface area contributed by atoms with E-state index in [1.54, 1.807) is 6.20 Å². The third-order valence-corrected chi connectivity index (χ3v) is 5.13. The third kappa shape index (κ3) is 4.45. The van der Waals surface area contributed by atoms with E-state index in [0.29, 0.717) is 13.0 Å². The number of benzene rings is 2. The van der Waals surface area contributed by atoms with Gasteiger partial charge < -0.3 is 10.1 Å². The van der Waals surface area contributed by atoms with Gasteiger partial charge in [-0.2, -0.15) is 0 Å². The minimum Gasteiger partial charge on any atom is -0.488 e.